The first-order valence-electron chi connectivity index (χ1n) is 7.07. The maximum atomic E-state index is 12.4. The second kappa shape index (κ2) is 6.99. The van der Waals surface area contributed by atoms with Crippen LogP contribution in [0.25, 0.3) is 0 Å². The maximum Gasteiger partial charge on any atom is 0.387 e. The number of likely N-dealkylation sites (tertiary alicyclic amines) is 1. The van der Waals surface area contributed by atoms with Crippen molar-refractivity contribution in [3.8, 4) is 5.75 Å². The minimum absolute atomic E-state index is 0.172. The number of benzene rings is 1. The first-order valence-corrected chi connectivity index (χ1v) is 7.07. The van der Waals surface area contributed by atoms with E-state index < -0.39 is 6.61 Å². The summed E-state index contributed by atoms with van der Waals surface area (Å²) in [6.07, 6.45) is 2.24. The minimum atomic E-state index is -2.78. The van der Waals surface area contributed by atoms with Crippen LogP contribution in [-0.4, -0.2) is 30.6 Å². The summed E-state index contributed by atoms with van der Waals surface area (Å²) >= 11 is 0. The van der Waals surface area contributed by atoms with Gasteiger partial charge in [-0.25, -0.2) is 0 Å². The van der Waals surface area contributed by atoms with E-state index in [-0.39, 0.29) is 11.8 Å². The van der Waals surface area contributed by atoms with Gasteiger partial charge in [0.1, 0.15) is 5.75 Å². The van der Waals surface area contributed by atoms with Gasteiger partial charge in [-0.05, 0) is 38.3 Å². The number of alkyl halides is 2. The van der Waals surface area contributed by atoms with Crippen molar-refractivity contribution in [3.05, 3.63) is 29.8 Å². The Morgan fingerprint density at radius 2 is 2.15 bits per heavy atom. The van der Waals surface area contributed by atoms with Gasteiger partial charge < -0.3 is 10.5 Å². The normalized spacial score (nSPS) is 21.9. The average molecular weight is 284 g/mol. The van der Waals surface area contributed by atoms with E-state index in [2.05, 4.69) is 9.64 Å². The van der Waals surface area contributed by atoms with Crippen LogP contribution >= 0.6 is 0 Å². The second-order valence-corrected chi connectivity index (χ2v) is 5.48. The molecule has 1 aromatic rings. The van der Waals surface area contributed by atoms with Crippen LogP contribution in [0.1, 0.15) is 25.3 Å². The van der Waals surface area contributed by atoms with E-state index in [0.29, 0.717) is 12.5 Å². The van der Waals surface area contributed by atoms with Gasteiger partial charge in [-0.15, -0.1) is 0 Å². The number of hydrogen-bond acceptors (Lipinski definition) is 3. The molecule has 1 saturated heterocycles. The average Bonchev–Trinajstić information content (AvgIpc) is 2.41. The first-order chi connectivity index (χ1) is 9.56. The number of ether oxygens (including phenoxy) is 1. The molecule has 20 heavy (non-hydrogen) atoms. The molecule has 0 amide bonds. The lowest BCUT2D eigenvalue weighted by molar-refractivity contribution is -0.0508. The highest BCUT2D eigenvalue weighted by atomic mass is 19.3. The number of hydrogen-bond donors (Lipinski definition) is 1. The first kappa shape index (κ1) is 15.2. The van der Waals surface area contributed by atoms with E-state index >= 15 is 0 Å². The number of nitrogens with zero attached hydrogens (tertiary/aromatic N) is 1. The van der Waals surface area contributed by atoms with Gasteiger partial charge in [-0.2, -0.15) is 8.78 Å². The Morgan fingerprint density at radius 1 is 1.40 bits per heavy atom. The van der Waals surface area contributed by atoms with Crippen LogP contribution in [0.5, 0.6) is 5.75 Å². The molecule has 2 rings (SSSR count). The van der Waals surface area contributed by atoms with Gasteiger partial charge in [0.25, 0.3) is 0 Å². The topological polar surface area (TPSA) is 38.5 Å². The fourth-order valence-corrected chi connectivity index (χ4v) is 2.75. The molecule has 1 fully saturated rings. The fourth-order valence-electron chi connectivity index (χ4n) is 2.75. The molecule has 1 heterocycles. The molecule has 1 aliphatic rings. The van der Waals surface area contributed by atoms with Crippen LogP contribution in [0.4, 0.5) is 8.78 Å². The summed E-state index contributed by atoms with van der Waals surface area (Å²) < 4.78 is 29.4. The summed E-state index contributed by atoms with van der Waals surface area (Å²) in [6, 6.07) is 7.16. The van der Waals surface area contributed by atoms with Crippen molar-refractivity contribution in [2.24, 2.45) is 11.7 Å². The second-order valence-electron chi connectivity index (χ2n) is 5.48. The zero-order valence-corrected chi connectivity index (χ0v) is 11.8. The third-order valence-electron chi connectivity index (χ3n) is 3.87. The zero-order valence-electron chi connectivity index (χ0n) is 11.8. The van der Waals surface area contributed by atoms with Crippen molar-refractivity contribution in [3.63, 3.8) is 0 Å². The van der Waals surface area contributed by atoms with Crippen molar-refractivity contribution < 1.29 is 13.5 Å². The highest BCUT2D eigenvalue weighted by Crippen LogP contribution is 2.25. The Morgan fingerprint density at radius 3 is 2.85 bits per heavy atom. The predicted molar refractivity (Wildman–Crippen MR) is 74.7 cm³/mol. The summed E-state index contributed by atoms with van der Waals surface area (Å²) in [5.74, 6) is 0.748. The summed E-state index contributed by atoms with van der Waals surface area (Å²) in [5, 5.41) is 0. The summed E-state index contributed by atoms with van der Waals surface area (Å²) in [5.41, 5.74) is 6.77. The number of rotatable bonds is 5. The molecule has 3 nitrogen and oxygen atoms in total. The van der Waals surface area contributed by atoms with Crippen LogP contribution in [0.15, 0.2) is 24.3 Å². The molecule has 0 saturated carbocycles. The third-order valence-corrected chi connectivity index (χ3v) is 3.87. The number of halogens is 2. The van der Waals surface area contributed by atoms with Gasteiger partial charge >= 0.3 is 6.61 Å². The highest BCUT2D eigenvalue weighted by Gasteiger charge is 2.23. The van der Waals surface area contributed by atoms with Gasteiger partial charge in [0, 0.05) is 24.7 Å². The lowest BCUT2D eigenvalue weighted by Gasteiger charge is -2.34. The van der Waals surface area contributed by atoms with Gasteiger partial charge in [0.15, 0.2) is 0 Å². The van der Waals surface area contributed by atoms with E-state index in [1.165, 1.54) is 0 Å². The molecule has 5 heteroatoms. The molecule has 0 aromatic heterocycles. The van der Waals surface area contributed by atoms with Gasteiger partial charge in [0.05, 0.1) is 0 Å². The Balaban J connectivity index is 2.02. The molecule has 1 aliphatic heterocycles. The number of para-hydroxylation sites is 1. The van der Waals surface area contributed by atoms with Crippen molar-refractivity contribution in [1.82, 2.24) is 4.90 Å². The van der Waals surface area contributed by atoms with E-state index in [9.17, 15) is 8.78 Å². The van der Waals surface area contributed by atoms with Crippen LogP contribution in [-0.2, 0) is 6.54 Å². The molecule has 2 unspecified atom stereocenters. The minimum Gasteiger partial charge on any atom is -0.434 e. The van der Waals surface area contributed by atoms with Gasteiger partial charge in [-0.1, -0.05) is 18.2 Å². The molecule has 0 radical (unpaired) electrons. The standard InChI is InChI=1S/C15H22F2N2O/c1-11(18)12-6-4-8-19(9-12)10-13-5-2-3-7-14(13)20-15(16)17/h2-3,5,7,11-12,15H,4,6,8-10,18H2,1H3. The largest absolute Gasteiger partial charge is 0.434 e. The molecular formula is C15H22F2N2O. The Bertz CT molecular complexity index is 426. The van der Waals surface area contributed by atoms with E-state index in [4.69, 9.17) is 5.73 Å². The van der Waals surface area contributed by atoms with Crippen LogP contribution in [0, 0.1) is 5.92 Å². The molecule has 0 spiro atoms. The lowest BCUT2D eigenvalue weighted by Crippen LogP contribution is -2.41. The quantitative estimate of drug-likeness (QED) is 0.903. The van der Waals surface area contributed by atoms with E-state index in [1.807, 2.05) is 19.1 Å². The van der Waals surface area contributed by atoms with Crippen molar-refractivity contribution >= 4 is 0 Å². The zero-order chi connectivity index (χ0) is 14.5. The summed E-state index contributed by atoms with van der Waals surface area (Å²) in [7, 11) is 0. The fraction of sp³-hybridized carbons (Fsp3) is 0.600. The smallest absolute Gasteiger partial charge is 0.387 e. The van der Waals surface area contributed by atoms with Crippen LogP contribution < -0.4 is 10.5 Å². The Kier molecular flexibility index (Phi) is 5.31. The van der Waals surface area contributed by atoms with E-state index in [1.54, 1.807) is 12.1 Å². The molecule has 0 bridgehead atoms. The Labute approximate surface area is 118 Å². The number of piperidine rings is 1. The lowest BCUT2D eigenvalue weighted by atomic mass is 9.92. The third kappa shape index (κ3) is 4.15. The van der Waals surface area contributed by atoms with E-state index in [0.717, 1.165) is 31.5 Å². The van der Waals surface area contributed by atoms with Gasteiger partial charge in [0.2, 0.25) is 0 Å². The highest BCUT2D eigenvalue weighted by molar-refractivity contribution is 5.33. The number of nitrogens with two attached hydrogens (primary N) is 1. The van der Waals surface area contributed by atoms with Crippen molar-refractivity contribution in [2.75, 3.05) is 13.1 Å². The van der Waals surface area contributed by atoms with Crippen molar-refractivity contribution in [2.45, 2.75) is 39.0 Å². The molecular weight excluding hydrogens is 262 g/mol. The molecule has 2 N–H and O–H groups in total. The monoisotopic (exact) mass is 284 g/mol. The molecule has 1 aromatic carbocycles. The van der Waals surface area contributed by atoms with Crippen LogP contribution in [0.3, 0.4) is 0 Å². The SMILES string of the molecule is CC(N)C1CCCN(Cc2ccccc2OC(F)F)C1. The summed E-state index contributed by atoms with van der Waals surface area (Å²) in [4.78, 5) is 2.27. The molecule has 0 aliphatic carbocycles. The maximum absolute atomic E-state index is 12.4. The summed E-state index contributed by atoms with van der Waals surface area (Å²) in [6.45, 7) is 1.77. The van der Waals surface area contributed by atoms with Gasteiger partial charge in [-0.3, -0.25) is 4.90 Å². The predicted octanol–water partition coefficient (Wildman–Crippen LogP) is 2.85. The Hall–Kier alpha value is -1.20. The van der Waals surface area contributed by atoms with Crippen molar-refractivity contribution in [1.29, 1.82) is 0 Å². The molecule has 2 atom stereocenters. The molecule has 112 valence electrons. The van der Waals surface area contributed by atoms with Crippen LogP contribution in [0.2, 0.25) is 0 Å².